The van der Waals surface area contributed by atoms with E-state index in [-0.39, 0.29) is 12.0 Å². The van der Waals surface area contributed by atoms with Gasteiger partial charge in [-0.05, 0) is 48.6 Å². The van der Waals surface area contributed by atoms with Gasteiger partial charge in [-0.3, -0.25) is 9.78 Å². The zero-order chi connectivity index (χ0) is 18.2. The van der Waals surface area contributed by atoms with Gasteiger partial charge in [0.25, 0.3) is 0 Å². The summed E-state index contributed by atoms with van der Waals surface area (Å²) in [5.74, 6) is 1.21. The molecular formula is C22H28N2O2. The number of carbonyl (C=O) groups is 1. The van der Waals surface area contributed by atoms with E-state index < -0.39 is 0 Å². The Bertz CT molecular complexity index is 694. The number of hydrogen-bond donors (Lipinski definition) is 0. The molecule has 1 aliphatic heterocycles. The van der Waals surface area contributed by atoms with Crippen LogP contribution in [0.4, 0.5) is 0 Å². The minimum absolute atomic E-state index is 0.210. The molecule has 0 saturated carbocycles. The van der Waals surface area contributed by atoms with Gasteiger partial charge in [-0.1, -0.05) is 25.1 Å². The van der Waals surface area contributed by atoms with Crippen molar-refractivity contribution in [2.45, 2.75) is 51.6 Å². The molecule has 0 bridgehead atoms. The van der Waals surface area contributed by atoms with Gasteiger partial charge < -0.3 is 9.64 Å². The quantitative estimate of drug-likeness (QED) is 0.755. The average molecular weight is 352 g/mol. The highest BCUT2D eigenvalue weighted by molar-refractivity contribution is 5.76. The Morgan fingerprint density at radius 3 is 2.73 bits per heavy atom. The first kappa shape index (κ1) is 18.4. The van der Waals surface area contributed by atoms with Crippen molar-refractivity contribution >= 4 is 5.91 Å². The fraction of sp³-hybridized carbons (Fsp3) is 0.455. The second-order valence-electron chi connectivity index (χ2n) is 6.91. The molecule has 1 aliphatic rings. The minimum atomic E-state index is 0.210. The van der Waals surface area contributed by atoms with Crippen molar-refractivity contribution in [3.8, 4) is 5.75 Å². The Labute approximate surface area is 156 Å². The molecule has 1 amide bonds. The fourth-order valence-corrected chi connectivity index (χ4v) is 3.40. The number of carbonyl (C=O) groups excluding carboxylic acids is 1. The molecule has 0 spiro atoms. The lowest BCUT2D eigenvalue weighted by atomic mass is 10.1. The van der Waals surface area contributed by atoms with E-state index in [4.69, 9.17) is 4.74 Å². The van der Waals surface area contributed by atoms with Crippen LogP contribution in [0.2, 0.25) is 0 Å². The number of piperidine rings is 1. The molecule has 1 aromatic carbocycles. The van der Waals surface area contributed by atoms with Gasteiger partial charge in [-0.25, -0.2) is 0 Å². The van der Waals surface area contributed by atoms with Crippen LogP contribution in [0.15, 0.2) is 48.8 Å². The van der Waals surface area contributed by atoms with E-state index in [2.05, 4.69) is 36.2 Å². The van der Waals surface area contributed by atoms with Crippen molar-refractivity contribution in [3.05, 3.63) is 59.9 Å². The summed E-state index contributed by atoms with van der Waals surface area (Å²) in [5, 5.41) is 0. The molecule has 26 heavy (non-hydrogen) atoms. The predicted octanol–water partition coefficient (Wildman–Crippen LogP) is 4.04. The molecule has 0 N–H and O–H groups in total. The number of nitrogens with zero attached hydrogens (tertiary/aromatic N) is 2. The Kier molecular flexibility index (Phi) is 6.64. The molecule has 1 aromatic heterocycles. The molecule has 1 saturated heterocycles. The predicted molar refractivity (Wildman–Crippen MR) is 103 cm³/mol. The van der Waals surface area contributed by atoms with E-state index in [1.165, 1.54) is 11.1 Å². The largest absolute Gasteiger partial charge is 0.490 e. The van der Waals surface area contributed by atoms with Crippen LogP contribution in [0, 0.1) is 0 Å². The molecule has 0 atom stereocenters. The number of hydrogen-bond acceptors (Lipinski definition) is 3. The zero-order valence-electron chi connectivity index (χ0n) is 15.6. The molecule has 1 fully saturated rings. The number of amides is 1. The van der Waals surface area contributed by atoms with Crippen molar-refractivity contribution in [1.29, 1.82) is 0 Å². The third-order valence-corrected chi connectivity index (χ3v) is 4.98. The first-order chi connectivity index (χ1) is 12.7. The summed E-state index contributed by atoms with van der Waals surface area (Å²) in [7, 11) is 0. The minimum Gasteiger partial charge on any atom is -0.490 e. The number of likely N-dealkylation sites (tertiary alicyclic amines) is 1. The number of aryl methyl sites for hydroxylation is 2. The van der Waals surface area contributed by atoms with Gasteiger partial charge in [0.15, 0.2) is 0 Å². The van der Waals surface area contributed by atoms with Crippen molar-refractivity contribution < 1.29 is 9.53 Å². The molecule has 0 radical (unpaired) electrons. The highest BCUT2D eigenvalue weighted by Gasteiger charge is 2.23. The van der Waals surface area contributed by atoms with E-state index >= 15 is 0 Å². The molecule has 2 heterocycles. The van der Waals surface area contributed by atoms with Crippen LogP contribution < -0.4 is 4.74 Å². The Morgan fingerprint density at radius 1 is 1.19 bits per heavy atom. The number of benzene rings is 1. The van der Waals surface area contributed by atoms with E-state index in [1.54, 1.807) is 6.20 Å². The van der Waals surface area contributed by atoms with Crippen LogP contribution in [0.5, 0.6) is 5.75 Å². The highest BCUT2D eigenvalue weighted by Crippen LogP contribution is 2.21. The van der Waals surface area contributed by atoms with Crippen LogP contribution in [-0.2, 0) is 17.6 Å². The lowest BCUT2D eigenvalue weighted by Gasteiger charge is -2.32. The van der Waals surface area contributed by atoms with Gasteiger partial charge in [0.2, 0.25) is 5.91 Å². The van der Waals surface area contributed by atoms with Crippen LogP contribution in [-0.4, -0.2) is 35.0 Å². The molecule has 4 nitrogen and oxygen atoms in total. The SMILES string of the molecule is CCc1cccc(OC2CCN(C(=O)CCCc3cccnc3)CC2)c1. The number of rotatable bonds is 7. The van der Waals surface area contributed by atoms with Gasteiger partial charge in [-0.15, -0.1) is 0 Å². The molecule has 138 valence electrons. The van der Waals surface area contributed by atoms with E-state index in [1.807, 2.05) is 23.2 Å². The van der Waals surface area contributed by atoms with Crippen molar-refractivity contribution in [2.24, 2.45) is 0 Å². The van der Waals surface area contributed by atoms with Crippen LogP contribution in [0.25, 0.3) is 0 Å². The van der Waals surface area contributed by atoms with Crippen molar-refractivity contribution in [1.82, 2.24) is 9.88 Å². The van der Waals surface area contributed by atoms with E-state index in [0.717, 1.165) is 50.9 Å². The van der Waals surface area contributed by atoms with Crippen LogP contribution in [0.1, 0.15) is 43.7 Å². The monoisotopic (exact) mass is 352 g/mol. The second-order valence-corrected chi connectivity index (χ2v) is 6.91. The summed E-state index contributed by atoms with van der Waals surface area (Å²) < 4.78 is 6.12. The summed E-state index contributed by atoms with van der Waals surface area (Å²) in [6, 6.07) is 12.3. The highest BCUT2D eigenvalue weighted by atomic mass is 16.5. The standard InChI is InChI=1S/C22H28N2O2/c1-2-18-6-3-9-21(16-18)26-20-11-14-24(15-12-20)22(25)10-4-7-19-8-5-13-23-17-19/h3,5-6,8-9,13,16-17,20H,2,4,7,10-12,14-15H2,1H3. The van der Waals surface area contributed by atoms with Gasteiger partial charge in [0.05, 0.1) is 0 Å². The van der Waals surface area contributed by atoms with Crippen LogP contribution >= 0.6 is 0 Å². The molecule has 2 aromatic rings. The lowest BCUT2D eigenvalue weighted by molar-refractivity contribution is -0.133. The Hall–Kier alpha value is -2.36. The normalized spacial score (nSPS) is 15.0. The van der Waals surface area contributed by atoms with Gasteiger partial charge in [0.1, 0.15) is 11.9 Å². The molecular weight excluding hydrogens is 324 g/mol. The number of ether oxygens (including phenoxy) is 1. The zero-order valence-corrected chi connectivity index (χ0v) is 15.6. The average Bonchev–Trinajstić information content (AvgIpc) is 2.69. The maximum atomic E-state index is 12.4. The van der Waals surface area contributed by atoms with Gasteiger partial charge >= 0.3 is 0 Å². The first-order valence-electron chi connectivity index (χ1n) is 9.67. The molecule has 4 heteroatoms. The maximum Gasteiger partial charge on any atom is 0.222 e. The van der Waals surface area contributed by atoms with Crippen LogP contribution in [0.3, 0.4) is 0 Å². The fourth-order valence-electron chi connectivity index (χ4n) is 3.40. The van der Waals surface area contributed by atoms with E-state index in [9.17, 15) is 4.79 Å². The van der Waals surface area contributed by atoms with Crippen molar-refractivity contribution in [2.75, 3.05) is 13.1 Å². The smallest absolute Gasteiger partial charge is 0.222 e. The maximum absolute atomic E-state index is 12.4. The molecule has 3 rings (SSSR count). The second kappa shape index (κ2) is 9.37. The Balaban J connectivity index is 1.39. The summed E-state index contributed by atoms with van der Waals surface area (Å²) >= 11 is 0. The Morgan fingerprint density at radius 2 is 2.00 bits per heavy atom. The molecule has 0 unspecified atom stereocenters. The third kappa shape index (κ3) is 5.32. The summed E-state index contributed by atoms with van der Waals surface area (Å²) in [6.07, 6.45) is 9.09. The van der Waals surface area contributed by atoms with Gasteiger partial charge in [0, 0.05) is 44.7 Å². The van der Waals surface area contributed by atoms with Crippen molar-refractivity contribution in [3.63, 3.8) is 0 Å². The number of pyridine rings is 1. The first-order valence-corrected chi connectivity index (χ1v) is 9.67. The third-order valence-electron chi connectivity index (χ3n) is 4.98. The van der Waals surface area contributed by atoms with Gasteiger partial charge in [-0.2, -0.15) is 0 Å². The number of aromatic nitrogens is 1. The molecule has 0 aliphatic carbocycles. The summed E-state index contributed by atoms with van der Waals surface area (Å²) in [5.41, 5.74) is 2.49. The lowest BCUT2D eigenvalue weighted by Crippen LogP contribution is -2.41. The topological polar surface area (TPSA) is 42.4 Å². The summed E-state index contributed by atoms with van der Waals surface area (Å²) in [6.45, 7) is 3.74. The summed E-state index contributed by atoms with van der Waals surface area (Å²) in [4.78, 5) is 18.5. The van der Waals surface area contributed by atoms with E-state index in [0.29, 0.717) is 6.42 Å².